The van der Waals surface area contributed by atoms with Crippen molar-refractivity contribution in [3.63, 3.8) is 0 Å². The fourth-order valence-corrected chi connectivity index (χ4v) is 4.03. The van der Waals surface area contributed by atoms with Gasteiger partial charge in [0.2, 0.25) is 0 Å². The minimum Gasteiger partial charge on any atom is -0.490 e. The van der Waals surface area contributed by atoms with E-state index in [9.17, 15) is 18.8 Å². The third kappa shape index (κ3) is 5.41. The number of ether oxygens (including phenoxy) is 2. The van der Waals surface area contributed by atoms with Crippen molar-refractivity contribution in [2.24, 2.45) is 0 Å². The molecular formula is C26H20BrFN2O5. The Balaban J connectivity index is 1.66. The largest absolute Gasteiger partial charge is 0.490 e. The van der Waals surface area contributed by atoms with Crippen LogP contribution in [0.5, 0.6) is 11.5 Å². The van der Waals surface area contributed by atoms with Crippen LogP contribution in [0.1, 0.15) is 18.1 Å². The van der Waals surface area contributed by atoms with Gasteiger partial charge in [-0.05, 0) is 76.5 Å². The van der Waals surface area contributed by atoms with Crippen LogP contribution in [0.2, 0.25) is 0 Å². The van der Waals surface area contributed by atoms with Crippen LogP contribution < -0.4 is 19.7 Å². The number of rotatable bonds is 7. The minimum atomic E-state index is -0.912. The lowest BCUT2D eigenvalue weighted by Gasteiger charge is -2.26. The number of urea groups is 1. The van der Waals surface area contributed by atoms with Crippen LogP contribution in [-0.4, -0.2) is 24.5 Å². The molecule has 178 valence electrons. The van der Waals surface area contributed by atoms with Crippen molar-refractivity contribution < 1.29 is 28.2 Å². The van der Waals surface area contributed by atoms with Crippen LogP contribution in [-0.2, 0) is 16.2 Å². The van der Waals surface area contributed by atoms with Crippen LogP contribution >= 0.6 is 15.9 Å². The van der Waals surface area contributed by atoms with Gasteiger partial charge in [-0.3, -0.25) is 14.9 Å². The molecule has 1 aliphatic rings. The molecule has 4 rings (SSSR count). The molecule has 0 saturated carbocycles. The molecule has 0 atom stereocenters. The Morgan fingerprint density at radius 1 is 1.00 bits per heavy atom. The van der Waals surface area contributed by atoms with E-state index in [4.69, 9.17) is 9.47 Å². The fourth-order valence-electron chi connectivity index (χ4n) is 3.45. The third-order valence-corrected chi connectivity index (χ3v) is 5.64. The molecule has 0 aliphatic carbocycles. The molecule has 1 saturated heterocycles. The number of imide groups is 2. The molecule has 1 fully saturated rings. The zero-order chi connectivity index (χ0) is 24.9. The molecule has 1 N–H and O–H groups in total. The van der Waals surface area contributed by atoms with Crippen LogP contribution in [0, 0.1) is 5.82 Å². The maximum Gasteiger partial charge on any atom is 0.335 e. The summed E-state index contributed by atoms with van der Waals surface area (Å²) in [5.41, 5.74) is 1.32. The van der Waals surface area contributed by atoms with Crippen LogP contribution in [0.4, 0.5) is 14.9 Å². The first kappa shape index (κ1) is 24.2. The van der Waals surface area contributed by atoms with Gasteiger partial charge < -0.3 is 9.47 Å². The van der Waals surface area contributed by atoms with Gasteiger partial charge in [-0.2, -0.15) is 0 Å². The summed E-state index contributed by atoms with van der Waals surface area (Å²) < 4.78 is 25.6. The Bertz CT molecular complexity index is 1310. The van der Waals surface area contributed by atoms with E-state index in [0.29, 0.717) is 34.7 Å². The highest BCUT2D eigenvalue weighted by atomic mass is 79.9. The zero-order valence-electron chi connectivity index (χ0n) is 18.6. The predicted octanol–water partition coefficient (Wildman–Crippen LogP) is 5.23. The molecule has 3 aromatic carbocycles. The zero-order valence-corrected chi connectivity index (χ0v) is 20.2. The Hall–Kier alpha value is -3.98. The highest BCUT2D eigenvalue weighted by Gasteiger charge is 2.36. The molecule has 1 heterocycles. The number of hydrogen-bond donors (Lipinski definition) is 1. The SMILES string of the molecule is CCOc1cc(/C=C2\C(=O)NC(=O)N(c3ccc(F)cc3)C2=O)cc(Br)c1OCc1ccccc1. The standard InChI is InChI=1S/C26H20BrFN2O5/c1-2-34-22-14-17(13-21(27)23(22)35-15-16-6-4-3-5-7-16)12-20-24(31)29-26(33)30(25(20)32)19-10-8-18(28)9-11-19/h3-14H,2,15H2,1H3,(H,29,31,33)/b20-12+. The molecular weight excluding hydrogens is 519 g/mol. The first-order valence-corrected chi connectivity index (χ1v) is 11.5. The summed E-state index contributed by atoms with van der Waals surface area (Å²) in [6.07, 6.45) is 1.36. The molecule has 3 aromatic rings. The van der Waals surface area contributed by atoms with Gasteiger partial charge in [0.25, 0.3) is 11.8 Å². The summed E-state index contributed by atoms with van der Waals surface area (Å²) in [5, 5.41) is 2.14. The number of hydrogen-bond acceptors (Lipinski definition) is 5. The maximum absolute atomic E-state index is 13.3. The Kier molecular flexibility index (Phi) is 7.26. The summed E-state index contributed by atoms with van der Waals surface area (Å²) in [6.45, 7) is 2.50. The summed E-state index contributed by atoms with van der Waals surface area (Å²) in [6, 6.07) is 16.8. The van der Waals surface area contributed by atoms with Gasteiger partial charge in [-0.25, -0.2) is 14.1 Å². The lowest BCUT2D eigenvalue weighted by Crippen LogP contribution is -2.54. The lowest BCUT2D eigenvalue weighted by atomic mass is 10.1. The van der Waals surface area contributed by atoms with E-state index < -0.39 is 23.7 Å². The van der Waals surface area contributed by atoms with Crippen molar-refractivity contribution in [2.75, 3.05) is 11.5 Å². The van der Waals surface area contributed by atoms with Crippen LogP contribution in [0.25, 0.3) is 6.08 Å². The highest BCUT2D eigenvalue weighted by molar-refractivity contribution is 9.10. The molecule has 0 aromatic heterocycles. The summed E-state index contributed by atoms with van der Waals surface area (Å²) in [4.78, 5) is 38.7. The molecule has 35 heavy (non-hydrogen) atoms. The van der Waals surface area contributed by atoms with E-state index in [2.05, 4.69) is 21.2 Å². The second kappa shape index (κ2) is 10.5. The van der Waals surface area contributed by atoms with Crippen molar-refractivity contribution in [1.82, 2.24) is 5.32 Å². The number of nitrogens with zero attached hydrogens (tertiary/aromatic N) is 1. The van der Waals surface area contributed by atoms with E-state index in [0.717, 1.165) is 22.6 Å². The average Bonchev–Trinajstić information content (AvgIpc) is 2.83. The molecule has 0 unspecified atom stereocenters. The first-order valence-electron chi connectivity index (χ1n) is 10.7. The van der Waals surface area contributed by atoms with Gasteiger partial charge in [0.15, 0.2) is 11.5 Å². The molecule has 0 spiro atoms. The fraction of sp³-hybridized carbons (Fsp3) is 0.115. The van der Waals surface area contributed by atoms with E-state index in [-0.39, 0.29) is 11.3 Å². The van der Waals surface area contributed by atoms with Gasteiger partial charge in [-0.15, -0.1) is 0 Å². The van der Waals surface area contributed by atoms with Crippen molar-refractivity contribution in [3.8, 4) is 11.5 Å². The lowest BCUT2D eigenvalue weighted by molar-refractivity contribution is -0.122. The molecule has 9 heteroatoms. The van der Waals surface area contributed by atoms with Gasteiger partial charge in [0.05, 0.1) is 16.8 Å². The first-order chi connectivity index (χ1) is 16.9. The van der Waals surface area contributed by atoms with E-state index in [1.165, 1.54) is 18.2 Å². The summed E-state index contributed by atoms with van der Waals surface area (Å²) in [5.74, 6) is -1.30. The predicted molar refractivity (Wildman–Crippen MR) is 131 cm³/mol. The quantitative estimate of drug-likeness (QED) is 0.328. The number of benzene rings is 3. The molecule has 0 radical (unpaired) electrons. The van der Waals surface area contributed by atoms with Gasteiger partial charge in [-0.1, -0.05) is 30.3 Å². The molecule has 4 amide bonds. The van der Waals surface area contributed by atoms with Gasteiger partial charge in [0, 0.05) is 0 Å². The molecule has 0 bridgehead atoms. The topological polar surface area (TPSA) is 84.9 Å². The van der Waals surface area contributed by atoms with Crippen molar-refractivity contribution in [2.45, 2.75) is 13.5 Å². The second-order valence-corrected chi connectivity index (χ2v) is 8.33. The number of amides is 4. The maximum atomic E-state index is 13.3. The van der Waals surface area contributed by atoms with Gasteiger partial charge in [0.1, 0.15) is 18.0 Å². The van der Waals surface area contributed by atoms with E-state index >= 15 is 0 Å². The molecule has 1 aliphatic heterocycles. The van der Waals surface area contributed by atoms with Crippen molar-refractivity contribution in [3.05, 3.63) is 93.7 Å². The molecule has 7 nitrogen and oxygen atoms in total. The van der Waals surface area contributed by atoms with Crippen molar-refractivity contribution in [1.29, 1.82) is 0 Å². The van der Waals surface area contributed by atoms with Crippen LogP contribution in [0.15, 0.2) is 76.8 Å². The Morgan fingerprint density at radius 2 is 1.71 bits per heavy atom. The number of carbonyl (C=O) groups is 3. The monoisotopic (exact) mass is 538 g/mol. The highest BCUT2D eigenvalue weighted by Crippen LogP contribution is 2.38. The third-order valence-electron chi connectivity index (χ3n) is 5.06. The van der Waals surface area contributed by atoms with E-state index in [1.54, 1.807) is 12.1 Å². The number of carbonyl (C=O) groups excluding carboxylic acids is 3. The van der Waals surface area contributed by atoms with E-state index in [1.807, 2.05) is 37.3 Å². The summed E-state index contributed by atoms with van der Waals surface area (Å²) >= 11 is 3.48. The Labute approximate surface area is 209 Å². The van der Waals surface area contributed by atoms with Crippen LogP contribution in [0.3, 0.4) is 0 Å². The average molecular weight is 539 g/mol. The number of nitrogens with one attached hydrogen (secondary N) is 1. The summed E-state index contributed by atoms with van der Waals surface area (Å²) in [7, 11) is 0. The number of barbiturate groups is 1. The number of anilines is 1. The number of halogens is 2. The minimum absolute atomic E-state index is 0.133. The smallest absolute Gasteiger partial charge is 0.335 e. The van der Waals surface area contributed by atoms with Gasteiger partial charge >= 0.3 is 6.03 Å². The normalized spacial score (nSPS) is 14.8. The second-order valence-electron chi connectivity index (χ2n) is 7.47. The van der Waals surface area contributed by atoms with Crippen molar-refractivity contribution >= 4 is 45.5 Å². The Morgan fingerprint density at radius 3 is 2.40 bits per heavy atom.